The van der Waals surface area contributed by atoms with Crippen molar-refractivity contribution >= 4 is 11.2 Å². The maximum absolute atomic E-state index is 5.43. The summed E-state index contributed by atoms with van der Waals surface area (Å²) in [6.07, 6.45) is 9.04. The molecule has 0 atom stereocenters. The predicted molar refractivity (Wildman–Crippen MR) is 87.7 cm³/mol. The molecule has 0 amide bonds. The summed E-state index contributed by atoms with van der Waals surface area (Å²) >= 11 is 0. The number of fused-ring (bicyclic) bond motifs is 3. The Balaban J connectivity index is 1.51. The van der Waals surface area contributed by atoms with E-state index in [1.54, 1.807) is 6.26 Å². The van der Waals surface area contributed by atoms with E-state index in [4.69, 9.17) is 9.40 Å². The van der Waals surface area contributed by atoms with Crippen LogP contribution in [0.2, 0.25) is 0 Å². The van der Waals surface area contributed by atoms with Crippen LogP contribution >= 0.6 is 0 Å². The summed E-state index contributed by atoms with van der Waals surface area (Å²) in [6, 6.07) is 7.92. The molecule has 23 heavy (non-hydrogen) atoms. The minimum absolute atomic E-state index is 0.782. The largest absolute Gasteiger partial charge is 0.463 e. The van der Waals surface area contributed by atoms with E-state index >= 15 is 0 Å². The number of pyridine rings is 1. The van der Waals surface area contributed by atoms with Crippen LogP contribution in [0, 0.1) is 0 Å². The lowest BCUT2D eigenvalue weighted by Crippen LogP contribution is -2.26. The molecule has 0 aromatic carbocycles. The Kier molecular flexibility index (Phi) is 2.67. The minimum Gasteiger partial charge on any atom is -0.463 e. The number of hydrogen-bond donors (Lipinski definition) is 0. The van der Waals surface area contributed by atoms with Crippen molar-refractivity contribution in [1.82, 2.24) is 19.4 Å². The highest BCUT2D eigenvalue weighted by atomic mass is 16.3. The molecule has 0 saturated heterocycles. The molecule has 0 N–H and O–H groups in total. The van der Waals surface area contributed by atoms with Gasteiger partial charge < -0.3 is 13.9 Å². The van der Waals surface area contributed by atoms with Crippen LogP contribution in [0.5, 0.6) is 0 Å². The van der Waals surface area contributed by atoms with E-state index in [0.717, 1.165) is 54.5 Å². The van der Waals surface area contributed by atoms with Crippen LogP contribution in [0.1, 0.15) is 5.82 Å². The van der Waals surface area contributed by atoms with Gasteiger partial charge in [-0.15, -0.1) is 0 Å². The highest BCUT2D eigenvalue weighted by Gasteiger charge is 2.20. The Hall–Kier alpha value is -2.82. The van der Waals surface area contributed by atoms with Crippen LogP contribution in [0.25, 0.3) is 22.6 Å². The molecule has 3 aromatic rings. The molecule has 5 heteroatoms. The van der Waals surface area contributed by atoms with Crippen LogP contribution in [-0.2, 0) is 13.0 Å². The second-order valence-electron chi connectivity index (χ2n) is 5.88. The van der Waals surface area contributed by atoms with Crippen molar-refractivity contribution in [3.8, 4) is 11.5 Å². The smallest absolute Gasteiger partial charge is 0.178 e. The third kappa shape index (κ3) is 2.00. The molecule has 4 heterocycles. The fourth-order valence-corrected chi connectivity index (χ4v) is 3.28. The maximum Gasteiger partial charge on any atom is 0.178 e. The molecule has 1 aliphatic heterocycles. The molecule has 1 aliphatic carbocycles. The molecule has 0 radical (unpaired) electrons. The summed E-state index contributed by atoms with van der Waals surface area (Å²) in [5.74, 6) is 1.90. The van der Waals surface area contributed by atoms with Gasteiger partial charge in [0.1, 0.15) is 11.5 Å². The van der Waals surface area contributed by atoms with Crippen molar-refractivity contribution in [2.75, 3.05) is 13.1 Å². The van der Waals surface area contributed by atoms with Gasteiger partial charge in [0.05, 0.1) is 11.8 Å². The minimum atomic E-state index is 0.782. The second kappa shape index (κ2) is 4.84. The average molecular weight is 304 g/mol. The Morgan fingerprint density at radius 1 is 1.04 bits per heavy atom. The molecule has 5 nitrogen and oxygen atoms in total. The molecule has 114 valence electrons. The third-order valence-corrected chi connectivity index (χ3v) is 4.56. The zero-order valence-corrected chi connectivity index (χ0v) is 12.6. The van der Waals surface area contributed by atoms with E-state index in [9.17, 15) is 0 Å². The van der Waals surface area contributed by atoms with Crippen molar-refractivity contribution in [3.05, 3.63) is 60.3 Å². The SMILES string of the molecule is C1=CC(N2CCc3nc4nc(-c5ccco5)ccc4n3CC2)=C1. The molecule has 0 saturated carbocycles. The van der Waals surface area contributed by atoms with Crippen LogP contribution in [-0.4, -0.2) is 32.5 Å². The normalized spacial score (nSPS) is 16.9. The first-order valence-electron chi connectivity index (χ1n) is 7.92. The number of hydrogen-bond acceptors (Lipinski definition) is 4. The third-order valence-electron chi connectivity index (χ3n) is 4.56. The van der Waals surface area contributed by atoms with Crippen molar-refractivity contribution in [2.24, 2.45) is 0 Å². The van der Waals surface area contributed by atoms with Gasteiger partial charge in [0.25, 0.3) is 0 Å². The lowest BCUT2D eigenvalue weighted by molar-refractivity contribution is 0.359. The topological polar surface area (TPSA) is 47.1 Å². The summed E-state index contributed by atoms with van der Waals surface area (Å²) < 4.78 is 7.74. The number of rotatable bonds is 2. The fraction of sp³-hybridized carbons (Fsp3) is 0.222. The summed E-state index contributed by atoms with van der Waals surface area (Å²) in [5, 5.41) is 0. The number of aromatic nitrogens is 3. The molecule has 0 unspecified atom stereocenters. The monoisotopic (exact) mass is 304 g/mol. The van der Waals surface area contributed by atoms with Gasteiger partial charge in [-0.25, -0.2) is 9.97 Å². The molecule has 0 fully saturated rings. The molecular formula is C18H16N4O. The van der Waals surface area contributed by atoms with Gasteiger partial charge in [-0.2, -0.15) is 0 Å². The summed E-state index contributed by atoms with van der Waals surface area (Å²) in [5.41, 5.74) is 4.08. The van der Waals surface area contributed by atoms with Crippen molar-refractivity contribution in [2.45, 2.75) is 13.0 Å². The van der Waals surface area contributed by atoms with E-state index in [0.29, 0.717) is 0 Å². The van der Waals surface area contributed by atoms with Crippen LogP contribution < -0.4 is 0 Å². The first-order chi connectivity index (χ1) is 11.4. The highest BCUT2D eigenvalue weighted by molar-refractivity contribution is 5.75. The first-order valence-corrected chi connectivity index (χ1v) is 7.92. The van der Waals surface area contributed by atoms with Crippen LogP contribution in [0.15, 0.2) is 58.9 Å². The second-order valence-corrected chi connectivity index (χ2v) is 5.88. The van der Waals surface area contributed by atoms with Gasteiger partial charge in [0.15, 0.2) is 11.4 Å². The maximum atomic E-state index is 5.43. The number of nitrogens with zero attached hydrogens (tertiary/aromatic N) is 4. The molecular weight excluding hydrogens is 288 g/mol. The van der Waals surface area contributed by atoms with Crippen LogP contribution in [0.3, 0.4) is 0 Å². The zero-order valence-electron chi connectivity index (χ0n) is 12.6. The zero-order chi connectivity index (χ0) is 15.2. The van der Waals surface area contributed by atoms with E-state index in [1.807, 2.05) is 18.2 Å². The van der Waals surface area contributed by atoms with E-state index in [2.05, 4.69) is 38.7 Å². The Morgan fingerprint density at radius 3 is 2.78 bits per heavy atom. The van der Waals surface area contributed by atoms with Gasteiger partial charge in [0.2, 0.25) is 0 Å². The van der Waals surface area contributed by atoms with Crippen LogP contribution in [0.4, 0.5) is 0 Å². The number of allylic oxidation sites excluding steroid dienone is 3. The Morgan fingerprint density at radius 2 is 2.00 bits per heavy atom. The van der Waals surface area contributed by atoms with Gasteiger partial charge in [0, 0.05) is 31.8 Å². The van der Waals surface area contributed by atoms with Gasteiger partial charge in [-0.1, -0.05) is 6.08 Å². The van der Waals surface area contributed by atoms with Crippen molar-refractivity contribution in [3.63, 3.8) is 0 Å². The van der Waals surface area contributed by atoms with Gasteiger partial charge >= 0.3 is 0 Å². The average Bonchev–Trinajstić information content (AvgIpc) is 3.11. The van der Waals surface area contributed by atoms with Crippen molar-refractivity contribution in [1.29, 1.82) is 0 Å². The fourth-order valence-electron chi connectivity index (χ4n) is 3.28. The van der Waals surface area contributed by atoms with E-state index in [1.165, 1.54) is 5.70 Å². The Labute approximate surface area is 133 Å². The number of furan rings is 1. The van der Waals surface area contributed by atoms with Crippen molar-refractivity contribution < 1.29 is 4.42 Å². The lowest BCUT2D eigenvalue weighted by Gasteiger charge is -2.25. The highest BCUT2D eigenvalue weighted by Crippen LogP contribution is 2.24. The number of imidazole rings is 1. The van der Waals surface area contributed by atoms with E-state index < -0.39 is 0 Å². The predicted octanol–water partition coefficient (Wildman–Crippen LogP) is 3.00. The molecule has 0 spiro atoms. The lowest BCUT2D eigenvalue weighted by atomic mass is 10.2. The van der Waals surface area contributed by atoms with E-state index in [-0.39, 0.29) is 0 Å². The quantitative estimate of drug-likeness (QED) is 0.730. The molecule has 2 aliphatic rings. The summed E-state index contributed by atoms with van der Waals surface area (Å²) in [6.45, 7) is 2.96. The molecule has 5 rings (SSSR count). The molecule has 0 bridgehead atoms. The van der Waals surface area contributed by atoms with Gasteiger partial charge in [-0.05, 0) is 36.4 Å². The van der Waals surface area contributed by atoms with Gasteiger partial charge in [-0.3, -0.25) is 0 Å². The summed E-state index contributed by atoms with van der Waals surface area (Å²) in [7, 11) is 0. The Bertz CT molecular complexity index is 933. The molecule has 3 aromatic heterocycles. The summed E-state index contributed by atoms with van der Waals surface area (Å²) in [4.78, 5) is 11.9. The standard InChI is InChI=1S/C18H16N4O/c1-3-13(4-1)21-9-8-17-20-18-15(22(17)11-10-21)7-6-14(19-18)16-5-2-12-23-16/h1-7,12H,8-11H2. The first kappa shape index (κ1) is 12.7.